The summed E-state index contributed by atoms with van der Waals surface area (Å²) in [5.41, 5.74) is 2.63. The first-order valence-electron chi connectivity index (χ1n) is 8.91. The Morgan fingerprint density at radius 1 is 1.03 bits per heavy atom. The topological polar surface area (TPSA) is 69.0 Å². The second kappa shape index (κ2) is 7.56. The van der Waals surface area contributed by atoms with E-state index >= 15 is 0 Å². The van der Waals surface area contributed by atoms with Crippen molar-refractivity contribution in [2.45, 2.75) is 0 Å². The Balaban J connectivity index is 1.72. The number of anilines is 1. The molecule has 4 rings (SSSR count). The third kappa shape index (κ3) is 3.54. The molecule has 7 nitrogen and oxygen atoms in total. The van der Waals surface area contributed by atoms with Crippen LogP contribution in [-0.2, 0) is 0 Å². The van der Waals surface area contributed by atoms with Crippen molar-refractivity contribution in [1.82, 2.24) is 14.6 Å². The van der Waals surface area contributed by atoms with Crippen LogP contribution in [0.5, 0.6) is 11.5 Å². The third-order valence-electron chi connectivity index (χ3n) is 4.53. The molecule has 0 atom stereocenters. The first kappa shape index (κ1) is 18.9. The predicted octanol–water partition coefficient (Wildman–Crippen LogP) is 2.45. The zero-order valence-corrected chi connectivity index (χ0v) is 17.4. The normalized spacial score (nSPS) is 11.8. The number of hydrogen-bond acceptors (Lipinski definition) is 7. The summed E-state index contributed by atoms with van der Waals surface area (Å²) in [7, 11) is 7.14. The lowest BCUT2D eigenvalue weighted by molar-refractivity contribution is 0.355. The highest BCUT2D eigenvalue weighted by Crippen LogP contribution is 2.31. The zero-order valence-electron chi connectivity index (χ0n) is 16.5. The summed E-state index contributed by atoms with van der Waals surface area (Å²) in [5.74, 6) is 1.68. The van der Waals surface area contributed by atoms with Gasteiger partial charge in [-0.1, -0.05) is 23.5 Å². The van der Waals surface area contributed by atoms with Crippen molar-refractivity contribution in [2.24, 2.45) is 0 Å². The fraction of sp³-hybridized carbons (Fsp3) is 0.190. The Morgan fingerprint density at radius 3 is 2.38 bits per heavy atom. The van der Waals surface area contributed by atoms with Crippen molar-refractivity contribution in [3.05, 3.63) is 62.9 Å². The fourth-order valence-corrected chi connectivity index (χ4v) is 3.86. The molecule has 0 aliphatic rings. The summed E-state index contributed by atoms with van der Waals surface area (Å²) < 4.78 is 12.5. The maximum atomic E-state index is 12.8. The fourth-order valence-electron chi connectivity index (χ4n) is 2.95. The SMILES string of the molecule is COc1ccc(-c2nc3sc(=Cc4ccc(N(C)C)cc4)c(=O)n3n2)cc1OC. The first-order valence-corrected chi connectivity index (χ1v) is 9.73. The van der Waals surface area contributed by atoms with Gasteiger partial charge in [0.15, 0.2) is 17.3 Å². The average molecular weight is 408 g/mol. The molecule has 148 valence electrons. The number of rotatable bonds is 5. The number of nitrogens with zero attached hydrogens (tertiary/aromatic N) is 4. The monoisotopic (exact) mass is 408 g/mol. The molecule has 0 spiro atoms. The molecular weight excluding hydrogens is 388 g/mol. The lowest BCUT2D eigenvalue weighted by atomic mass is 10.2. The number of fused-ring (bicyclic) bond motifs is 1. The molecule has 0 aliphatic heterocycles. The highest BCUT2D eigenvalue weighted by molar-refractivity contribution is 7.15. The molecule has 0 aliphatic carbocycles. The molecule has 2 aromatic carbocycles. The van der Waals surface area contributed by atoms with Crippen molar-refractivity contribution < 1.29 is 9.47 Å². The van der Waals surface area contributed by atoms with Gasteiger partial charge in [-0.15, -0.1) is 5.10 Å². The van der Waals surface area contributed by atoms with Crippen LogP contribution in [0.25, 0.3) is 22.4 Å². The molecule has 0 amide bonds. The van der Waals surface area contributed by atoms with Gasteiger partial charge in [0.2, 0.25) is 4.96 Å². The van der Waals surface area contributed by atoms with Crippen LogP contribution in [0.15, 0.2) is 47.3 Å². The van der Waals surface area contributed by atoms with Crippen molar-refractivity contribution in [3.63, 3.8) is 0 Å². The van der Waals surface area contributed by atoms with Gasteiger partial charge in [-0.25, -0.2) is 0 Å². The van der Waals surface area contributed by atoms with E-state index in [1.54, 1.807) is 26.4 Å². The number of ether oxygens (including phenoxy) is 2. The number of hydrogen-bond donors (Lipinski definition) is 0. The van der Waals surface area contributed by atoms with Gasteiger partial charge in [0.1, 0.15) is 0 Å². The van der Waals surface area contributed by atoms with E-state index < -0.39 is 0 Å². The number of thiazole rings is 1. The molecule has 0 N–H and O–H groups in total. The van der Waals surface area contributed by atoms with Gasteiger partial charge >= 0.3 is 0 Å². The summed E-state index contributed by atoms with van der Waals surface area (Å²) in [6.45, 7) is 0. The maximum Gasteiger partial charge on any atom is 0.291 e. The van der Waals surface area contributed by atoms with Crippen molar-refractivity contribution in [1.29, 1.82) is 0 Å². The Hall–Kier alpha value is -3.39. The molecule has 8 heteroatoms. The van der Waals surface area contributed by atoms with E-state index in [-0.39, 0.29) is 5.56 Å². The lowest BCUT2D eigenvalue weighted by Gasteiger charge is -2.11. The molecule has 0 bridgehead atoms. The number of benzene rings is 2. The van der Waals surface area contributed by atoms with E-state index in [9.17, 15) is 4.79 Å². The minimum atomic E-state index is -0.180. The second-order valence-corrected chi connectivity index (χ2v) is 7.61. The standard InChI is InChI=1S/C21H20N4O3S/c1-24(2)15-8-5-13(6-9-15)11-18-20(26)25-21(29-18)22-19(23-25)14-7-10-16(27-3)17(12-14)28-4/h5-12H,1-4H3. The molecular formula is C21H20N4O3S. The van der Waals surface area contributed by atoms with Crippen LogP contribution in [0.3, 0.4) is 0 Å². The quantitative estimate of drug-likeness (QED) is 0.505. The molecule has 0 fully saturated rings. The van der Waals surface area contributed by atoms with Gasteiger partial charge in [-0.05, 0) is 42.0 Å². The molecule has 0 radical (unpaired) electrons. The zero-order chi connectivity index (χ0) is 20.5. The van der Waals surface area contributed by atoms with E-state index in [1.807, 2.05) is 55.4 Å². The van der Waals surface area contributed by atoms with Crippen LogP contribution in [0.2, 0.25) is 0 Å². The van der Waals surface area contributed by atoms with E-state index in [4.69, 9.17) is 9.47 Å². The van der Waals surface area contributed by atoms with Crippen LogP contribution in [0, 0.1) is 0 Å². The van der Waals surface area contributed by atoms with Crippen LogP contribution in [-0.4, -0.2) is 42.9 Å². The smallest absolute Gasteiger partial charge is 0.291 e. The average Bonchev–Trinajstić information content (AvgIpc) is 3.27. The summed E-state index contributed by atoms with van der Waals surface area (Å²) in [4.78, 5) is 19.9. The molecule has 0 saturated carbocycles. The van der Waals surface area contributed by atoms with E-state index in [2.05, 4.69) is 10.1 Å². The highest BCUT2D eigenvalue weighted by atomic mass is 32.1. The number of methoxy groups -OCH3 is 2. The van der Waals surface area contributed by atoms with Gasteiger partial charge in [0, 0.05) is 25.3 Å². The lowest BCUT2D eigenvalue weighted by Crippen LogP contribution is -2.23. The van der Waals surface area contributed by atoms with Crippen molar-refractivity contribution in [3.8, 4) is 22.9 Å². The predicted molar refractivity (Wildman–Crippen MR) is 115 cm³/mol. The first-order chi connectivity index (χ1) is 14.0. The molecule has 2 heterocycles. The number of aromatic nitrogens is 3. The Kier molecular flexibility index (Phi) is 4.94. The Bertz CT molecular complexity index is 1280. The minimum Gasteiger partial charge on any atom is -0.493 e. The van der Waals surface area contributed by atoms with Crippen LogP contribution in [0.1, 0.15) is 5.56 Å². The third-order valence-corrected chi connectivity index (χ3v) is 5.49. The van der Waals surface area contributed by atoms with Gasteiger partial charge < -0.3 is 14.4 Å². The van der Waals surface area contributed by atoms with E-state index in [1.165, 1.54) is 15.9 Å². The molecule has 0 unspecified atom stereocenters. The molecule has 0 saturated heterocycles. The van der Waals surface area contributed by atoms with E-state index in [0.29, 0.717) is 26.8 Å². The van der Waals surface area contributed by atoms with Gasteiger partial charge in [0.05, 0.1) is 18.8 Å². The summed E-state index contributed by atoms with van der Waals surface area (Å²) in [6.07, 6.45) is 1.86. The van der Waals surface area contributed by atoms with Gasteiger partial charge in [-0.3, -0.25) is 4.79 Å². The van der Waals surface area contributed by atoms with Gasteiger partial charge in [0.25, 0.3) is 5.56 Å². The van der Waals surface area contributed by atoms with Crippen LogP contribution in [0.4, 0.5) is 5.69 Å². The van der Waals surface area contributed by atoms with Crippen LogP contribution < -0.4 is 24.5 Å². The molecule has 29 heavy (non-hydrogen) atoms. The summed E-state index contributed by atoms with van der Waals surface area (Å²) in [5, 5.41) is 4.39. The highest BCUT2D eigenvalue weighted by Gasteiger charge is 2.14. The molecule has 4 aromatic rings. The van der Waals surface area contributed by atoms with Crippen molar-refractivity contribution in [2.75, 3.05) is 33.2 Å². The molecule has 2 aromatic heterocycles. The Labute approximate surface area is 171 Å². The minimum absolute atomic E-state index is 0.180. The van der Waals surface area contributed by atoms with Gasteiger partial charge in [-0.2, -0.15) is 9.50 Å². The largest absolute Gasteiger partial charge is 0.493 e. The van der Waals surface area contributed by atoms with Crippen LogP contribution >= 0.6 is 11.3 Å². The second-order valence-electron chi connectivity index (χ2n) is 6.60. The maximum absolute atomic E-state index is 12.8. The summed E-state index contributed by atoms with van der Waals surface area (Å²) >= 11 is 1.32. The van der Waals surface area contributed by atoms with Crippen molar-refractivity contribution >= 4 is 28.1 Å². The summed E-state index contributed by atoms with van der Waals surface area (Å²) in [6, 6.07) is 13.4. The van der Waals surface area contributed by atoms with E-state index in [0.717, 1.165) is 16.8 Å². The Morgan fingerprint density at radius 2 is 1.76 bits per heavy atom.